The van der Waals surface area contributed by atoms with Crippen LogP contribution in [0.1, 0.15) is 43.2 Å². The van der Waals surface area contributed by atoms with Crippen molar-refractivity contribution in [2.75, 3.05) is 6.61 Å². The summed E-state index contributed by atoms with van der Waals surface area (Å²) in [5.74, 6) is 0.645. The molecule has 0 saturated heterocycles. The fraction of sp³-hybridized carbons (Fsp3) is 0.625. The summed E-state index contributed by atoms with van der Waals surface area (Å²) >= 11 is 0. The maximum Gasteiger partial charge on any atom is 0.224 e. The van der Waals surface area contributed by atoms with Crippen LogP contribution >= 0.6 is 0 Å². The van der Waals surface area contributed by atoms with Crippen LogP contribution in [0.5, 0.6) is 0 Å². The van der Waals surface area contributed by atoms with Crippen LogP contribution in [-0.2, 0) is 11.2 Å². The number of carbonyl (C=O) groups excluding carboxylic acids is 1. The highest BCUT2D eigenvalue weighted by molar-refractivity contribution is 5.79. The molecule has 0 aromatic carbocycles. The van der Waals surface area contributed by atoms with Gasteiger partial charge in [0.25, 0.3) is 0 Å². The number of pyridine rings is 1. The summed E-state index contributed by atoms with van der Waals surface area (Å²) in [4.78, 5) is 16.1. The Morgan fingerprint density at radius 2 is 2.25 bits per heavy atom. The van der Waals surface area contributed by atoms with Crippen LogP contribution in [0.2, 0.25) is 0 Å². The van der Waals surface area contributed by atoms with Crippen molar-refractivity contribution in [1.82, 2.24) is 10.3 Å². The molecular formula is C16H24N2O2. The van der Waals surface area contributed by atoms with Gasteiger partial charge in [0.2, 0.25) is 5.91 Å². The lowest BCUT2D eigenvalue weighted by atomic mass is 9.98. The summed E-state index contributed by atoms with van der Waals surface area (Å²) in [5.41, 5.74) is 2.02. The Kier molecular flexibility index (Phi) is 5.53. The largest absolute Gasteiger partial charge is 0.394 e. The fourth-order valence-corrected chi connectivity index (χ4v) is 2.98. The SMILES string of the molecule is Cc1cnccc1CC(=O)N[C@@H](CO)CC1CCCC1. The highest BCUT2D eigenvalue weighted by Gasteiger charge is 2.21. The third-order valence-electron chi connectivity index (χ3n) is 4.17. The van der Waals surface area contributed by atoms with Gasteiger partial charge in [-0.2, -0.15) is 0 Å². The van der Waals surface area contributed by atoms with E-state index in [1.54, 1.807) is 12.4 Å². The van der Waals surface area contributed by atoms with E-state index < -0.39 is 0 Å². The highest BCUT2D eigenvalue weighted by atomic mass is 16.3. The first-order valence-electron chi connectivity index (χ1n) is 7.48. The lowest BCUT2D eigenvalue weighted by molar-refractivity contribution is -0.121. The van der Waals surface area contributed by atoms with Crippen LogP contribution in [0.15, 0.2) is 18.5 Å². The number of aliphatic hydroxyl groups is 1. The van der Waals surface area contributed by atoms with Gasteiger partial charge >= 0.3 is 0 Å². The van der Waals surface area contributed by atoms with Crippen LogP contribution in [0.3, 0.4) is 0 Å². The molecule has 1 fully saturated rings. The van der Waals surface area contributed by atoms with Crippen LogP contribution in [0.25, 0.3) is 0 Å². The zero-order valence-electron chi connectivity index (χ0n) is 12.1. The van der Waals surface area contributed by atoms with E-state index >= 15 is 0 Å². The summed E-state index contributed by atoms with van der Waals surface area (Å²) in [6.07, 6.45) is 9.76. The molecule has 4 heteroatoms. The second kappa shape index (κ2) is 7.39. The summed E-state index contributed by atoms with van der Waals surface area (Å²) < 4.78 is 0. The Balaban J connectivity index is 1.84. The minimum absolute atomic E-state index is 0.0173. The predicted molar refractivity (Wildman–Crippen MR) is 78.3 cm³/mol. The van der Waals surface area contributed by atoms with Crippen molar-refractivity contribution in [1.29, 1.82) is 0 Å². The van der Waals surface area contributed by atoms with Crippen molar-refractivity contribution in [3.63, 3.8) is 0 Å². The maximum atomic E-state index is 12.1. The van der Waals surface area contributed by atoms with Gasteiger partial charge in [0.05, 0.1) is 19.1 Å². The van der Waals surface area contributed by atoms with Gasteiger partial charge in [0.15, 0.2) is 0 Å². The fourth-order valence-electron chi connectivity index (χ4n) is 2.98. The molecule has 0 radical (unpaired) electrons. The number of rotatable bonds is 6. The number of aryl methyl sites for hydroxylation is 1. The molecule has 1 aromatic rings. The molecule has 1 saturated carbocycles. The van der Waals surface area contributed by atoms with Crippen molar-refractivity contribution < 1.29 is 9.90 Å². The number of nitrogens with one attached hydrogen (secondary N) is 1. The molecule has 1 amide bonds. The summed E-state index contributed by atoms with van der Waals surface area (Å²) in [5, 5.41) is 12.4. The third-order valence-corrected chi connectivity index (χ3v) is 4.17. The van der Waals surface area contributed by atoms with E-state index in [1.165, 1.54) is 25.7 Å². The average molecular weight is 276 g/mol. The van der Waals surface area contributed by atoms with E-state index in [0.29, 0.717) is 12.3 Å². The molecule has 2 rings (SSSR count). The smallest absolute Gasteiger partial charge is 0.224 e. The first-order valence-corrected chi connectivity index (χ1v) is 7.48. The van der Waals surface area contributed by atoms with Gasteiger partial charge in [-0.05, 0) is 36.5 Å². The Bertz CT molecular complexity index is 442. The second-order valence-electron chi connectivity index (χ2n) is 5.81. The molecule has 0 aliphatic heterocycles. The van der Waals surface area contributed by atoms with Crippen LogP contribution < -0.4 is 5.32 Å². The Hall–Kier alpha value is -1.42. The average Bonchev–Trinajstić information content (AvgIpc) is 2.93. The number of amides is 1. The number of hydrogen-bond donors (Lipinski definition) is 2. The van der Waals surface area contributed by atoms with E-state index in [9.17, 15) is 9.90 Å². The zero-order chi connectivity index (χ0) is 14.4. The van der Waals surface area contributed by atoms with Gasteiger partial charge in [-0.3, -0.25) is 9.78 Å². The predicted octanol–water partition coefficient (Wildman–Crippen LogP) is 1.99. The molecule has 1 aliphatic carbocycles. The van der Waals surface area contributed by atoms with Crippen LogP contribution in [0.4, 0.5) is 0 Å². The van der Waals surface area contributed by atoms with Crippen LogP contribution in [0, 0.1) is 12.8 Å². The molecule has 1 aliphatic rings. The topological polar surface area (TPSA) is 62.2 Å². The van der Waals surface area contributed by atoms with E-state index in [0.717, 1.165) is 17.5 Å². The molecule has 20 heavy (non-hydrogen) atoms. The third kappa shape index (κ3) is 4.30. The molecule has 4 nitrogen and oxygen atoms in total. The van der Waals surface area contributed by atoms with E-state index in [4.69, 9.17) is 0 Å². The van der Waals surface area contributed by atoms with E-state index in [-0.39, 0.29) is 18.6 Å². The molecule has 1 atom stereocenters. The molecule has 0 bridgehead atoms. The lowest BCUT2D eigenvalue weighted by Gasteiger charge is -2.20. The Morgan fingerprint density at radius 1 is 1.50 bits per heavy atom. The quantitative estimate of drug-likeness (QED) is 0.835. The minimum Gasteiger partial charge on any atom is -0.394 e. The zero-order valence-corrected chi connectivity index (χ0v) is 12.1. The van der Waals surface area contributed by atoms with Gasteiger partial charge < -0.3 is 10.4 Å². The van der Waals surface area contributed by atoms with E-state index in [2.05, 4.69) is 10.3 Å². The Labute approximate surface area is 120 Å². The molecular weight excluding hydrogens is 252 g/mol. The molecule has 0 spiro atoms. The first-order chi connectivity index (χ1) is 9.69. The number of hydrogen-bond acceptors (Lipinski definition) is 3. The highest BCUT2D eigenvalue weighted by Crippen LogP contribution is 2.28. The molecule has 2 N–H and O–H groups in total. The number of aliphatic hydroxyl groups excluding tert-OH is 1. The molecule has 110 valence electrons. The van der Waals surface area contributed by atoms with Crippen molar-refractivity contribution in [2.45, 2.75) is 51.5 Å². The van der Waals surface area contributed by atoms with Crippen molar-refractivity contribution >= 4 is 5.91 Å². The summed E-state index contributed by atoms with van der Waals surface area (Å²) in [6.45, 7) is 1.98. The van der Waals surface area contributed by atoms with Gasteiger partial charge in [0, 0.05) is 12.4 Å². The van der Waals surface area contributed by atoms with Gasteiger partial charge in [-0.25, -0.2) is 0 Å². The number of carbonyl (C=O) groups is 1. The second-order valence-corrected chi connectivity index (χ2v) is 5.81. The monoisotopic (exact) mass is 276 g/mol. The molecule has 1 heterocycles. The van der Waals surface area contributed by atoms with Gasteiger partial charge in [0.1, 0.15) is 0 Å². The minimum atomic E-state index is -0.104. The van der Waals surface area contributed by atoms with Crippen molar-refractivity contribution in [2.24, 2.45) is 5.92 Å². The van der Waals surface area contributed by atoms with Crippen molar-refractivity contribution in [3.8, 4) is 0 Å². The first kappa shape index (κ1) is 15.0. The normalized spacial score (nSPS) is 17.1. The number of aromatic nitrogens is 1. The van der Waals surface area contributed by atoms with Crippen LogP contribution in [-0.4, -0.2) is 28.6 Å². The maximum absolute atomic E-state index is 12.1. The lowest BCUT2D eigenvalue weighted by Crippen LogP contribution is -2.39. The van der Waals surface area contributed by atoms with Gasteiger partial charge in [-0.15, -0.1) is 0 Å². The summed E-state index contributed by atoms with van der Waals surface area (Å²) in [6, 6.07) is 1.77. The molecule has 1 aromatic heterocycles. The van der Waals surface area contributed by atoms with Gasteiger partial charge in [-0.1, -0.05) is 25.7 Å². The molecule has 0 unspecified atom stereocenters. The van der Waals surface area contributed by atoms with E-state index in [1.807, 2.05) is 13.0 Å². The van der Waals surface area contributed by atoms with Crippen molar-refractivity contribution in [3.05, 3.63) is 29.6 Å². The Morgan fingerprint density at radius 3 is 2.90 bits per heavy atom. The summed E-state index contributed by atoms with van der Waals surface area (Å²) in [7, 11) is 0. The number of nitrogens with zero attached hydrogens (tertiary/aromatic N) is 1. The standard InChI is InChI=1S/C16H24N2O2/c1-12-10-17-7-6-14(12)9-16(20)18-15(11-19)8-13-4-2-3-5-13/h6-7,10,13,15,19H,2-5,8-9,11H2,1H3,(H,18,20)/t15-/m1/s1.